The quantitative estimate of drug-likeness (QED) is 0.810. The Kier molecular flexibility index (Phi) is 5.08. The van der Waals surface area contributed by atoms with E-state index in [1.54, 1.807) is 31.2 Å². The second kappa shape index (κ2) is 6.87. The Morgan fingerprint density at radius 3 is 2.50 bits per heavy atom. The highest BCUT2D eigenvalue weighted by Gasteiger charge is 2.45. The molecule has 0 aromatic heterocycles. The van der Waals surface area contributed by atoms with Crippen LogP contribution in [0.15, 0.2) is 41.3 Å². The van der Waals surface area contributed by atoms with Crippen molar-refractivity contribution in [2.45, 2.75) is 43.4 Å². The predicted octanol–water partition coefficient (Wildman–Crippen LogP) is 4.40. The lowest BCUT2D eigenvalue weighted by Gasteiger charge is -2.28. The van der Waals surface area contributed by atoms with E-state index in [-0.39, 0.29) is 4.90 Å². The van der Waals surface area contributed by atoms with Crippen LogP contribution in [0.3, 0.4) is 0 Å². The molecule has 138 valence electrons. The van der Waals surface area contributed by atoms with Gasteiger partial charge in [0.05, 0.1) is 10.3 Å². The lowest BCUT2D eigenvalue weighted by molar-refractivity contribution is -0.125. The maximum Gasteiger partial charge on any atom is 0.264 e. The number of halogens is 2. The van der Waals surface area contributed by atoms with Gasteiger partial charge in [-0.15, -0.1) is 0 Å². The van der Waals surface area contributed by atoms with Gasteiger partial charge in [0.1, 0.15) is 0 Å². The maximum absolute atomic E-state index is 13.1. The molecule has 0 saturated heterocycles. The van der Waals surface area contributed by atoms with Crippen LogP contribution < -0.4 is 4.72 Å². The van der Waals surface area contributed by atoms with Crippen LogP contribution in [0.2, 0.25) is 10.0 Å². The van der Waals surface area contributed by atoms with Crippen LogP contribution in [0.4, 0.5) is 0 Å². The third-order valence-electron chi connectivity index (χ3n) is 5.21. The number of hydrogen-bond acceptors (Lipinski definition) is 3. The molecule has 1 N–H and O–H groups in total. The van der Waals surface area contributed by atoms with Crippen molar-refractivity contribution < 1.29 is 13.2 Å². The third kappa shape index (κ3) is 3.02. The molecule has 0 bridgehead atoms. The van der Waals surface area contributed by atoms with Gasteiger partial charge in [0.15, 0.2) is 0 Å². The van der Waals surface area contributed by atoms with E-state index in [0.29, 0.717) is 34.9 Å². The molecule has 2 aromatic rings. The van der Waals surface area contributed by atoms with Gasteiger partial charge >= 0.3 is 0 Å². The van der Waals surface area contributed by atoms with Crippen LogP contribution in [-0.4, -0.2) is 14.3 Å². The smallest absolute Gasteiger partial charge is 0.264 e. The monoisotopic (exact) mass is 411 g/mol. The molecule has 7 heteroatoms. The largest absolute Gasteiger partial charge is 0.273 e. The summed E-state index contributed by atoms with van der Waals surface area (Å²) in [6.07, 6.45) is 1.65. The average Bonchev–Trinajstić information content (AvgIpc) is 2.98. The second-order valence-electron chi connectivity index (χ2n) is 6.50. The standard InChI is InChI=1S/C19H19Cl2NO3S/c1-3-19(11-10-13-14(19)6-4-8-16(13)21)18(23)22-26(24,25)17-9-5-7-15(20)12(17)2/h4-9H,3,10-11H2,1-2H3,(H,22,23). The van der Waals surface area contributed by atoms with Gasteiger partial charge in [-0.05, 0) is 61.1 Å². The zero-order valence-corrected chi connectivity index (χ0v) is 16.8. The van der Waals surface area contributed by atoms with Gasteiger partial charge in [0.2, 0.25) is 5.91 Å². The lowest BCUT2D eigenvalue weighted by atomic mass is 9.79. The summed E-state index contributed by atoms with van der Waals surface area (Å²) < 4.78 is 27.9. The molecule has 4 nitrogen and oxygen atoms in total. The fourth-order valence-electron chi connectivity index (χ4n) is 3.65. The van der Waals surface area contributed by atoms with Crippen LogP contribution >= 0.6 is 23.2 Å². The summed E-state index contributed by atoms with van der Waals surface area (Å²) in [6.45, 7) is 3.49. The summed E-state index contributed by atoms with van der Waals surface area (Å²) in [4.78, 5) is 13.1. The zero-order valence-electron chi connectivity index (χ0n) is 14.5. The molecule has 3 rings (SSSR count). The number of benzene rings is 2. The van der Waals surface area contributed by atoms with Gasteiger partial charge < -0.3 is 0 Å². The Morgan fingerprint density at radius 1 is 1.15 bits per heavy atom. The van der Waals surface area contributed by atoms with Gasteiger partial charge in [-0.2, -0.15) is 0 Å². The minimum Gasteiger partial charge on any atom is -0.273 e. The molecule has 0 fully saturated rings. The Hall–Kier alpha value is -1.56. The molecule has 2 aromatic carbocycles. The van der Waals surface area contributed by atoms with Crippen LogP contribution in [-0.2, 0) is 26.7 Å². The molecule has 1 amide bonds. The highest BCUT2D eigenvalue weighted by molar-refractivity contribution is 7.90. The minimum absolute atomic E-state index is 0.00826. The Labute approximate surface area is 163 Å². The second-order valence-corrected chi connectivity index (χ2v) is 8.96. The SMILES string of the molecule is CCC1(C(=O)NS(=O)(=O)c2cccc(Cl)c2C)CCc2c(Cl)cccc21. The molecule has 1 unspecified atom stereocenters. The molecule has 0 heterocycles. The number of carbonyl (C=O) groups excluding carboxylic acids is 1. The zero-order chi connectivity index (χ0) is 19.1. The molecular formula is C19H19Cl2NO3S. The van der Waals surface area contributed by atoms with Crippen molar-refractivity contribution in [2.75, 3.05) is 0 Å². The number of amides is 1. The van der Waals surface area contributed by atoms with Gasteiger partial charge in [0.25, 0.3) is 10.0 Å². The summed E-state index contributed by atoms with van der Waals surface area (Å²) in [6, 6.07) is 10.0. The fourth-order valence-corrected chi connectivity index (χ4v) is 5.47. The lowest BCUT2D eigenvalue weighted by Crippen LogP contribution is -2.45. The maximum atomic E-state index is 13.1. The molecular weight excluding hydrogens is 393 g/mol. The first-order valence-electron chi connectivity index (χ1n) is 8.33. The van der Waals surface area contributed by atoms with Crippen LogP contribution in [0.5, 0.6) is 0 Å². The Morgan fingerprint density at radius 2 is 1.81 bits per heavy atom. The van der Waals surface area contributed by atoms with E-state index in [4.69, 9.17) is 23.2 Å². The first kappa shape index (κ1) is 19.2. The first-order chi connectivity index (χ1) is 12.2. The molecule has 0 aliphatic heterocycles. The van der Waals surface area contributed by atoms with Crippen molar-refractivity contribution >= 4 is 39.1 Å². The predicted molar refractivity (Wildman–Crippen MR) is 103 cm³/mol. The van der Waals surface area contributed by atoms with Crippen molar-refractivity contribution in [3.05, 3.63) is 63.1 Å². The number of rotatable bonds is 4. The van der Waals surface area contributed by atoms with E-state index < -0.39 is 21.3 Å². The molecule has 0 saturated carbocycles. The summed E-state index contributed by atoms with van der Waals surface area (Å²) in [5.41, 5.74) is 1.24. The number of carbonyl (C=O) groups is 1. The summed E-state index contributed by atoms with van der Waals surface area (Å²) >= 11 is 12.3. The highest BCUT2D eigenvalue weighted by atomic mass is 35.5. The van der Waals surface area contributed by atoms with Crippen LogP contribution in [0, 0.1) is 6.92 Å². The first-order valence-corrected chi connectivity index (χ1v) is 10.6. The van der Waals surface area contributed by atoms with Gasteiger partial charge in [0, 0.05) is 10.0 Å². The summed E-state index contributed by atoms with van der Waals surface area (Å²) in [7, 11) is -4.03. The number of hydrogen-bond donors (Lipinski definition) is 1. The van der Waals surface area contributed by atoms with Gasteiger partial charge in [-0.25, -0.2) is 13.1 Å². The van der Waals surface area contributed by atoms with E-state index in [1.807, 2.05) is 13.0 Å². The van der Waals surface area contributed by atoms with Crippen molar-refractivity contribution in [3.8, 4) is 0 Å². The Balaban J connectivity index is 2.00. The normalized spacial score (nSPS) is 19.2. The number of fused-ring (bicyclic) bond motifs is 1. The van der Waals surface area contributed by atoms with E-state index in [1.165, 1.54) is 6.07 Å². The molecule has 0 spiro atoms. The molecule has 1 atom stereocenters. The van der Waals surface area contributed by atoms with E-state index in [9.17, 15) is 13.2 Å². The average molecular weight is 412 g/mol. The summed E-state index contributed by atoms with van der Waals surface area (Å²) in [5.74, 6) is -0.527. The van der Waals surface area contributed by atoms with Crippen LogP contribution in [0.25, 0.3) is 0 Å². The molecule has 1 aliphatic rings. The van der Waals surface area contributed by atoms with E-state index >= 15 is 0 Å². The van der Waals surface area contributed by atoms with Crippen molar-refractivity contribution in [1.82, 2.24) is 4.72 Å². The van der Waals surface area contributed by atoms with E-state index in [0.717, 1.165) is 11.1 Å². The van der Waals surface area contributed by atoms with Crippen molar-refractivity contribution in [2.24, 2.45) is 0 Å². The summed E-state index contributed by atoms with van der Waals surface area (Å²) in [5, 5.41) is 0.947. The molecule has 1 aliphatic carbocycles. The Bertz CT molecular complexity index is 988. The van der Waals surface area contributed by atoms with Crippen molar-refractivity contribution in [1.29, 1.82) is 0 Å². The molecule has 0 radical (unpaired) electrons. The third-order valence-corrected chi connectivity index (χ3v) is 7.45. The number of nitrogens with one attached hydrogen (secondary N) is 1. The van der Waals surface area contributed by atoms with Crippen LogP contribution in [0.1, 0.15) is 36.5 Å². The highest BCUT2D eigenvalue weighted by Crippen LogP contribution is 2.44. The topological polar surface area (TPSA) is 63.2 Å². The van der Waals surface area contributed by atoms with Crippen molar-refractivity contribution in [3.63, 3.8) is 0 Å². The number of sulfonamides is 1. The minimum atomic E-state index is -4.03. The van der Waals surface area contributed by atoms with Gasteiger partial charge in [-0.1, -0.05) is 48.3 Å². The van der Waals surface area contributed by atoms with Gasteiger partial charge in [-0.3, -0.25) is 4.79 Å². The molecule has 26 heavy (non-hydrogen) atoms. The van der Waals surface area contributed by atoms with E-state index in [2.05, 4.69) is 4.72 Å². The fraction of sp³-hybridized carbons (Fsp3) is 0.316.